The summed E-state index contributed by atoms with van der Waals surface area (Å²) in [6.45, 7) is 2.17. The first kappa shape index (κ1) is 15.8. The van der Waals surface area contributed by atoms with Gasteiger partial charge in [-0.3, -0.25) is 4.79 Å². The summed E-state index contributed by atoms with van der Waals surface area (Å²) in [5.74, 6) is -0.320. The number of halogens is 1. The molecule has 1 atom stereocenters. The number of aliphatic hydroxyl groups excluding tert-OH is 1. The van der Waals surface area contributed by atoms with E-state index in [0.29, 0.717) is 12.3 Å². The molecule has 21 heavy (non-hydrogen) atoms. The Hall–Kier alpha value is -1.62. The SMILES string of the molecule is CC(Oc1cccc(F)c1)C(=O)NCC1(CO)CCCC1. The topological polar surface area (TPSA) is 58.6 Å². The highest BCUT2D eigenvalue weighted by Crippen LogP contribution is 2.36. The number of rotatable bonds is 6. The molecule has 1 aliphatic carbocycles. The fourth-order valence-corrected chi connectivity index (χ4v) is 2.73. The summed E-state index contributed by atoms with van der Waals surface area (Å²) in [5, 5.41) is 12.3. The number of hydrogen-bond donors (Lipinski definition) is 2. The van der Waals surface area contributed by atoms with Gasteiger partial charge in [0, 0.05) is 18.0 Å². The number of aliphatic hydroxyl groups is 1. The summed E-state index contributed by atoms with van der Waals surface area (Å²) < 4.78 is 18.5. The highest BCUT2D eigenvalue weighted by Gasteiger charge is 2.33. The van der Waals surface area contributed by atoms with E-state index in [1.54, 1.807) is 13.0 Å². The van der Waals surface area contributed by atoms with Crippen molar-refractivity contribution < 1.29 is 19.0 Å². The van der Waals surface area contributed by atoms with Crippen molar-refractivity contribution in [3.05, 3.63) is 30.1 Å². The van der Waals surface area contributed by atoms with Crippen LogP contribution in [-0.4, -0.2) is 30.3 Å². The Balaban J connectivity index is 1.85. The summed E-state index contributed by atoms with van der Waals surface area (Å²) >= 11 is 0. The first-order valence-corrected chi connectivity index (χ1v) is 7.35. The van der Waals surface area contributed by atoms with Gasteiger partial charge in [-0.15, -0.1) is 0 Å². The van der Waals surface area contributed by atoms with Crippen LogP contribution in [0.25, 0.3) is 0 Å². The first-order chi connectivity index (χ1) is 10.0. The molecule has 5 heteroatoms. The van der Waals surface area contributed by atoms with Crippen LogP contribution in [-0.2, 0) is 4.79 Å². The van der Waals surface area contributed by atoms with Crippen molar-refractivity contribution in [2.24, 2.45) is 5.41 Å². The molecule has 2 N–H and O–H groups in total. The zero-order valence-corrected chi connectivity index (χ0v) is 12.3. The van der Waals surface area contributed by atoms with Crippen molar-refractivity contribution in [2.75, 3.05) is 13.2 Å². The minimum Gasteiger partial charge on any atom is -0.481 e. The molecule has 2 rings (SSSR count). The molecule has 0 bridgehead atoms. The lowest BCUT2D eigenvalue weighted by Crippen LogP contribution is -2.43. The molecule has 1 fully saturated rings. The first-order valence-electron chi connectivity index (χ1n) is 7.35. The second kappa shape index (κ2) is 6.89. The second-order valence-electron chi connectivity index (χ2n) is 5.80. The predicted molar refractivity (Wildman–Crippen MR) is 77.5 cm³/mol. The lowest BCUT2D eigenvalue weighted by atomic mass is 9.87. The van der Waals surface area contributed by atoms with Crippen LogP contribution < -0.4 is 10.1 Å². The van der Waals surface area contributed by atoms with E-state index < -0.39 is 11.9 Å². The molecule has 1 aliphatic rings. The number of carbonyl (C=O) groups is 1. The van der Waals surface area contributed by atoms with Gasteiger partial charge >= 0.3 is 0 Å². The Morgan fingerprint density at radius 2 is 2.19 bits per heavy atom. The van der Waals surface area contributed by atoms with E-state index in [9.17, 15) is 14.3 Å². The van der Waals surface area contributed by atoms with Gasteiger partial charge < -0.3 is 15.2 Å². The average molecular weight is 295 g/mol. The van der Waals surface area contributed by atoms with Crippen molar-refractivity contribution in [1.82, 2.24) is 5.32 Å². The van der Waals surface area contributed by atoms with E-state index in [-0.39, 0.29) is 17.9 Å². The Morgan fingerprint density at radius 1 is 1.48 bits per heavy atom. The van der Waals surface area contributed by atoms with Crippen LogP contribution in [0.15, 0.2) is 24.3 Å². The summed E-state index contributed by atoms with van der Waals surface area (Å²) in [6.07, 6.45) is 3.34. The number of amides is 1. The molecule has 4 nitrogen and oxygen atoms in total. The minimum absolute atomic E-state index is 0.0897. The molecule has 1 amide bonds. The molecule has 116 valence electrons. The molecule has 1 aromatic rings. The fraction of sp³-hybridized carbons (Fsp3) is 0.562. The van der Waals surface area contributed by atoms with Crippen molar-refractivity contribution in [2.45, 2.75) is 38.7 Å². The molecular formula is C16H22FNO3. The van der Waals surface area contributed by atoms with Gasteiger partial charge in [0.15, 0.2) is 6.10 Å². The van der Waals surface area contributed by atoms with Crippen molar-refractivity contribution in [3.63, 3.8) is 0 Å². The van der Waals surface area contributed by atoms with Crippen LogP contribution in [0.1, 0.15) is 32.6 Å². The smallest absolute Gasteiger partial charge is 0.260 e. The van der Waals surface area contributed by atoms with Gasteiger partial charge in [0.25, 0.3) is 5.91 Å². The molecule has 0 spiro atoms. The van der Waals surface area contributed by atoms with E-state index >= 15 is 0 Å². The average Bonchev–Trinajstić information content (AvgIpc) is 2.94. The lowest BCUT2D eigenvalue weighted by Gasteiger charge is -2.27. The van der Waals surface area contributed by atoms with Crippen molar-refractivity contribution in [3.8, 4) is 5.75 Å². The molecule has 0 saturated heterocycles. The number of ether oxygens (including phenoxy) is 1. The maximum absolute atomic E-state index is 13.1. The summed E-state index contributed by atoms with van der Waals surface area (Å²) in [7, 11) is 0. The van der Waals surface area contributed by atoms with E-state index in [1.807, 2.05) is 0 Å². The van der Waals surface area contributed by atoms with Crippen LogP contribution in [0.2, 0.25) is 0 Å². The molecule has 0 heterocycles. The summed E-state index contributed by atoms with van der Waals surface area (Å²) in [5.41, 5.74) is -0.186. The third-order valence-corrected chi connectivity index (χ3v) is 4.12. The van der Waals surface area contributed by atoms with Crippen LogP contribution in [0.3, 0.4) is 0 Å². The highest BCUT2D eigenvalue weighted by molar-refractivity contribution is 5.80. The number of benzene rings is 1. The van der Waals surface area contributed by atoms with Crippen LogP contribution in [0, 0.1) is 11.2 Å². The molecule has 0 radical (unpaired) electrons. The van der Waals surface area contributed by atoms with E-state index in [4.69, 9.17) is 4.74 Å². The maximum atomic E-state index is 13.1. The molecule has 0 aromatic heterocycles. The van der Waals surface area contributed by atoms with Crippen LogP contribution in [0.4, 0.5) is 4.39 Å². The molecule has 1 saturated carbocycles. The van der Waals surface area contributed by atoms with Gasteiger partial charge in [-0.25, -0.2) is 4.39 Å². The van der Waals surface area contributed by atoms with Gasteiger partial charge in [0.05, 0.1) is 6.61 Å². The van der Waals surface area contributed by atoms with Crippen molar-refractivity contribution >= 4 is 5.91 Å². The fourth-order valence-electron chi connectivity index (χ4n) is 2.73. The van der Waals surface area contributed by atoms with Gasteiger partial charge in [0.2, 0.25) is 0 Å². The van der Waals surface area contributed by atoms with E-state index in [2.05, 4.69) is 5.32 Å². The standard InChI is InChI=1S/C16H22FNO3/c1-12(21-14-6-4-5-13(17)9-14)15(20)18-10-16(11-19)7-2-3-8-16/h4-6,9,12,19H,2-3,7-8,10-11H2,1H3,(H,18,20). The predicted octanol–water partition coefficient (Wildman–Crippen LogP) is 2.26. The van der Waals surface area contributed by atoms with Gasteiger partial charge in [-0.05, 0) is 31.9 Å². The van der Waals surface area contributed by atoms with Crippen LogP contribution >= 0.6 is 0 Å². The normalized spacial score (nSPS) is 18.2. The van der Waals surface area contributed by atoms with Gasteiger partial charge in [-0.1, -0.05) is 18.9 Å². The molecular weight excluding hydrogens is 273 g/mol. The third-order valence-electron chi connectivity index (χ3n) is 4.12. The Bertz CT molecular complexity index is 486. The monoisotopic (exact) mass is 295 g/mol. The van der Waals surface area contributed by atoms with Crippen LogP contribution in [0.5, 0.6) is 5.75 Å². The summed E-state index contributed by atoms with van der Waals surface area (Å²) in [4.78, 5) is 12.0. The van der Waals surface area contributed by atoms with E-state index in [1.165, 1.54) is 18.2 Å². The Labute approximate surface area is 124 Å². The Kier molecular flexibility index (Phi) is 5.17. The largest absolute Gasteiger partial charge is 0.481 e. The lowest BCUT2D eigenvalue weighted by molar-refractivity contribution is -0.127. The summed E-state index contributed by atoms with van der Waals surface area (Å²) in [6, 6.07) is 5.71. The number of hydrogen-bond acceptors (Lipinski definition) is 3. The number of nitrogens with one attached hydrogen (secondary N) is 1. The minimum atomic E-state index is -0.705. The number of carbonyl (C=O) groups excluding carboxylic acids is 1. The zero-order valence-electron chi connectivity index (χ0n) is 12.3. The molecule has 0 aliphatic heterocycles. The van der Waals surface area contributed by atoms with Crippen molar-refractivity contribution in [1.29, 1.82) is 0 Å². The van der Waals surface area contributed by atoms with Gasteiger partial charge in [-0.2, -0.15) is 0 Å². The van der Waals surface area contributed by atoms with Gasteiger partial charge in [0.1, 0.15) is 11.6 Å². The Morgan fingerprint density at radius 3 is 2.81 bits per heavy atom. The van der Waals surface area contributed by atoms with E-state index in [0.717, 1.165) is 25.7 Å². The quantitative estimate of drug-likeness (QED) is 0.846. The highest BCUT2D eigenvalue weighted by atomic mass is 19.1. The zero-order chi connectivity index (χ0) is 15.3. The third kappa shape index (κ3) is 4.17. The second-order valence-corrected chi connectivity index (χ2v) is 5.80. The maximum Gasteiger partial charge on any atom is 0.260 e. The molecule has 1 unspecified atom stereocenters. The molecule has 1 aromatic carbocycles.